The Bertz CT molecular complexity index is 535. The highest BCUT2D eigenvalue weighted by molar-refractivity contribution is 6.03. The SMILES string of the molecule is CCN(C(=O)NC(=O)COCC(=O)O)c1ccccc1F. The lowest BCUT2D eigenvalue weighted by atomic mass is 10.3. The summed E-state index contributed by atoms with van der Waals surface area (Å²) in [6.07, 6.45) is 0. The molecule has 0 saturated carbocycles. The predicted octanol–water partition coefficient (Wildman–Crippen LogP) is 0.989. The maximum atomic E-state index is 13.6. The molecule has 1 aromatic rings. The number of hydrogen-bond donors (Lipinski definition) is 2. The molecular weight excluding hydrogens is 283 g/mol. The molecule has 114 valence electrons. The van der Waals surface area contributed by atoms with Gasteiger partial charge in [-0.15, -0.1) is 0 Å². The summed E-state index contributed by atoms with van der Waals surface area (Å²) in [6, 6.07) is 4.83. The number of hydrogen-bond acceptors (Lipinski definition) is 4. The number of nitrogens with one attached hydrogen (secondary N) is 1. The monoisotopic (exact) mass is 298 g/mol. The second-order valence-electron chi connectivity index (χ2n) is 3.94. The van der Waals surface area contributed by atoms with Gasteiger partial charge in [-0.3, -0.25) is 15.0 Å². The van der Waals surface area contributed by atoms with Crippen molar-refractivity contribution in [3.8, 4) is 0 Å². The van der Waals surface area contributed by atoms with Gasteiger partial charge in [0.2, 0.25) is 0 Å². The summed E-state index contributed by atoms with van der Waals surface area (Å²) in [7, 11) is 0. The third-order valence-electron chi connectivity index (χ3n) is 2.41. The molecular formula is C13H15FN2O5. The van der Waals surface area contributed by atoms with Crippen LogP contribution in [0, 0.1) is 5.82 Å². The predicted molar refractivity (Wildman–Crippen MR) is 71.4 cm³/mol. The minimum absolute atomic E-state index is 0.0387. The molecule has 7 nitrogen and oxygen atoms in total. The van der Waals surface area contributed by atoms with E-state index in [0.29, 0.717) is 0 Å². The summed E-state index contributed by atoms with van der Waals surface area (Å²) in [6.45, 7) is 0.548. The molecule has 0 heterocycles. The number of carbonyl (C=O) groups excluding carboxylic acids is 2. The first kappa shape index (κ1) is 16.6. The van der Waals surface area contributed by atoms with Crippen LogP contribution in [-0.4, -0.2) is 42.8 Å². The second-order valence-corrected chi connectivity index (χ2v) is 3.94. The number of anilines is 1. The Morgan fingerprint density at radius 3 is 2.52 bits per heavy atom. The van der Waals surface area contributed by atoms with Crippen LogP contribution in [0.4, 0.5) is 14.9 Å². The van der Waals surface area contributed by atoms with Crippen molar-refractivity contribution in [1.82, 2.24) is 5.32 Å². The zero-order valence-electron chi connectivity index (χ0n) is 11.3. The number of amides is 3. The molecule has 0 aliphatic rings. The third kappa shape index (κ3) is 5.19. The molecule has 21 heavy (non-hydrogen) atoms. The van der Waals surface area contributed by atoms with Gasteiger partial charge in [0.25, 0.3) is 5.91 Å². The number of carbonyl (C=O) groups is 3. The molecule has 1 aromatic carbocycles. The molecule has 0 fully saturated rings. The standard InChI is InChI=1S/C13H15FN2O5/c1-2-16(10-6-4-3-5-9(10)14)13(20)15-11(17)7-21-8-12(18)19/h3-6H,2,7-8H2,1H3,(H,18,19)(H,15,17,20). The number of halogens is 1. The van der Waals surface area contributed by atoms with Gasteiger partial charge < -0.3 is 9.84 Å². The fourth-order valence-corrected chi connectivity index (χ4v) is 1.55. The van der Waals surface area contributed by atoms with Gasteiger partial charge in [-0.2, -0.15) is 0 Å². The molecule has 0 aliphatic heterocycles. The number of nitrogens with zero attached hydrogens (tertiary/aromatic N) is 1. The summed E-state index contributed by atoms with van der Waals surface area (Å²) in [5, 5.41) is 10.3. The smallest absolute Gasteiger partial charge is 0.329 e. The van der Waals surface area contributed by atoms with Gasteiger partial charge in [-0.05, 0) is 19.1 Å². The van der Waals surface area contributed by atoms with Gasteiger partial charge in [0, 0.05) is 6.54 Å². The van der Waals surface area contributed by atoms with Crippen molar-refractivity contribution in [2.45, 2.75) is 6.92 Å². The van der Waals surface area contributed by atoms with Crippen LogP contribution in [0.5, 0.6) is 0 Å². The van der Waals surface area contributed by atoms with Crippen molar-refractivity contribution < 1.29 is 28.6 Å². The summed E-state index contributed by atoms with van der Waals surface area (Å²) in [5.74, 6) is -2.63. The van der Waals surface area contributed by atoms with Crippen LogP contribution in [0.1, 0.15) is 6.92 Å². The number of carboxylic acid groups (broad SMARTS) is 1. The molecule has 2 N–H and O–H groups in total. The Morgan fingerprint density at radius 2 is 1.95 bits per heavy atom. The molecule has 0 atom stereocenters. The van der Waals surface area contributed by atoms with Gasteiger partial charge in [-0.1, -0.05) is 12.1 Å². The highest BCUT2D eigenvalue weighted by atomic mass is 19.1. The molecule has 0 aromatic heterocycles. The maximum absolute atomic E-state index is 13.6. The van der Waals surface area contributed by atoms with Gasteiger partial charge in [0.05, 0.1) is 5.69 Å². The Hall–Kier alpha value is -2.48. The molecule has 0 spiro atoms. The fraction of sp³-hybridized carbons (Fsp3) is 0.308. The molecule has 0 unspecified atom stereocenters. The zero-order chi connectivity index (χ0) is 15.8. The highest BCUT2D eigenvalue weighted by Gasteiger charge is 2.19. The number of aliphatic carboxylic acids is 1. The number of ether oxygens (including phenoxy) is 1. The van der Waals surface area contributed by atoms with E-state index in [0.717, 1.165) is 4.90 Å². The van der Waals surface area contributed by atoms with Crippen LogP contribution in [0.3, 0.4) is 0 Å². The number of rotatable bonds is 6. The topological polar surface area (TPSA) is 95.9 Å². The van der Waals surface area contributed by atoms with E-state index in [-0.39, 0.29) is 12.2 Å². The molecule has 0 radical (unpaired) electrons. The molecule has 8 heteroatoms. The zero-order valence-corrected chi connectivity index (χ0v) is 11.3. The first-order chi connectivity index (χ1) is 9.95. The van der Waals surface area contributed by atoms with E-state index in [2.05, 4.69) is 4.74 Å². The van der Waals surface area contributed by atoms with Crippen LogP contribution in [0.2, 0.25) is 0 Å². The number of benzene rings is 1. The van der Waals surface area contributed by atoms with Gasteiger partial charge in [0.15, 0.2) is 0 Å². The lowest BCUT2D eigenvalue weighted by Gasteiger charge is -2.21. The lowest BCUT2D eigenvalue weighted by Crippen LogP contribution is -2.44. The van der Waals surface area contributed by atoms with Crippen LogP contribution < -0.4 is 10.2 Å². The van der Waals surface area contributed by atoms with Crippen molar-refractivity contribution in [3.05, 3.63) is 30.1 Å². The highest BCUT2D eigenvalue weighted by Crippen LogP contribution is 2.18. The summed E-state index contributed by atoms with van der Waals surface area (Å²) in [5.41, 5.74) is 0.0387. The number of urea groups is 1. The molecule has 0 aliphatic carbocycles. The average Bonchev–Trinajstić information content (AvgIpc) is 2.41. The first-order valence-electron chi connectivity index (χ1n) is 6.11. The van der Waals surface area contributed by atoms with Crippen molar-refractivity contribution in [1.29, 1.82) is 0 Å². The minimum Gasteiger partial charge on any atom is -0.480 e. The molecule has 0 bridgehead atoms. The van der Waals surface area contributed by atoms with Crippen LogP contribution >= 0.6 is 0 Å². The molecule has 3 amide bonds. The van der Waals surface area contributed by atoms with Crippen molar-refractivity contribution in [2.75, 3.05) is 24.7 Å². The quantitative estimate of drug-likeness (QED) is 0.816. The normalized spacial score (nSPS) is 10.0. The Kier molecular flexibility index (Phi) is 6.28. The largest absolute Gasteiger partial charge is 0.480 e. The van der Waals surface area contributed by atoms with Crippen LogP contribution in [0.15, 0.2) is 24.3 Å². The maximum Gasteiger partial charge on any atom is 0.329 e. The Balaban J connectivity index is 2.62. The van der Waals surface area contributed by atoms with E-state index in [4.69, 9.17) is 5.11 Å². The van der Waals surface area contributed by atoms with Crippen LogP contribution in [-0.2, 0) is 14.3 Å². The Morgan fingerprint density at radius 1 is 1.29 bits per heavy atom. The van der Waals surface area contributed by atoms with Gasteiger partial charge in [-0.25, -0.2) is 14.0 Å². The Labute approximate surface area is 120 Å². The van der Waals surface area contributed by atoms with E-state index in [1.165, 1.54) is 18.2 Å². The van der Waals surface area contributed by atoms with Crippen molar-refractivity contribution in [2.24, 2.45) is 0 Å². The first-order valence-corrected chi connectivity index (χ1v) is 6.11. The minimum atomic E-state index is -1.23. The molecule has 0 saturated heterocycles. The van der Waals surface area contributed by atoms with Crippen molar-refractivity contribution in [3.63, 3.8) is 0 Å². The number of carboxylic acids is 1. The average molecular weight is 298 g/mol. The third-order valence-corrected chi connectivity index (χ3v) is 2.41. The summed E-state index contributed by atoms with van der Waals surface area (Å²) in [4.78, 5) is 34.5. The van der Waals surface area contributed by atoms with E-state index in [1.54, 1.807) is 13.0 Å². The summed E-state index contributed by atoms with van der Waals surface area (Å²) < 4.78 is 18.2. The van der Waals surface area contributed by atoms with Gasteiger partial charge in [0.1, 0.15) is 19.0 Å². The van der Waals surface area contributed by atoms with E-state index >= 15 is 0 Å². The van der Waals surface area contributed by atoms with Gasteiger partial charge >= 0.3 is 12.0 Å². The lowest BCUT2D eigenvalue weighted by molar-refractivity contribution is -0.143. The number of para-hydroxylation sites is 1. The second kappa shape index (κ2) is 7.95. The van der Waals surface area contributed by atoms with Crippen LogP contribution in [0.25, 0.3) is 0 Å². The number of imide groups is 1. The summed E-state index contributed by atoms with van der Waals surface area (Å²) >= 11 is 0. The molecule has 1 rings (SSSR count). The van der Waals surface area contributed by atoms with Crippen molar-refractivity contribution >= 4 is 23.6 Å². The van der Waals surface area contributed by atoms with E-state index in [1.807, 2.05) is 5.32 Å². The van der Waals surface area contributed by atoms with E-state index < -0.39 is 36.9 Å². The van der Waals surface area contributed by atoms with E-state index in [9.17, 15) is 18.8 Å². The fourth-order valence-electron chi connectivity index (χ4n) is 1.55.